The average Bonchev–Trinajstić information content (AvgIpc) is 2.42. The molecule has 0 radical (unpaired) electrons. The monoisotopic (exact) mass is 262 g/mol. The molecule has 0 atom stereocenters. The second-order valence-electron chi connectivity index (χ2n) is 5.61. The van der Waals surface area contributed by atoms with Crippen molar-refractivity contribution in [1.82, 2.24) is 4.90 Å². The minimum Gasteiger partial charge on any atom is -0.381 e. The lowest BCUT2D eigenvalue weighted by Gasteiger charge is -2.27. The van der Waals surface area contributed by atoms with E-state index in [4.69, 9.17) is 10.5 Å². The molecular weight excluding hydrogens is 236 g/mol. The Morgan fingerprint density at radius 1 is 1.16 bits per heavy atom. The van der Waals surface area contributed by atoms with E-state index in [0.717, 1.165) is 38.6 Å². The molecule has 3 heteroatoms. The van der Waals surface area contributed by atoms with Gasteiger partial charge >= 0.3 is 0 Å². The fourth-order valence-electron chi connectivity index (χ4n) is 2.72. The van der Waals surface area contributed by atoms with Gasteiger partial charge in [-0.1, -0.05) is 24.3 Å². The highest BCUT2D eigenvalue weighted by atomic mass is 16.5. The lowest BCUT2D eigenvalue weighted by Crippen LogP contribution is -2.29. The van der Waals surface area contributed by atoms with Gasteiger partial charge in [-0.05, 0) is 49.9 Å². The van der Waals surface area contributed by atoms with Crippen LogP contribution in [0.2, 0.25) is 0 Å². The van der Waals surface area contributed by atoms with Crippen LogP contribution in [0.3, 0.4) is 0 Å². The SMILES string of the molecule is CN(Cc1ccc(CCN)cc1)CC1CCOCC1. The summed E-state index contributed by atoms with van der Waals surface area (Å²) in [7, 11) is 2.21. The van der Waals surface area contributed by atoms with Crippen molar-refractivity contribution in [2.45, 2.75) is 25.8 Å². The van der Waals surface area contributed by atoms with Gasteiger partial charge in [-0.2, -0.15) is 0 Å². The summed E-state index contributed by atoms with van der Waals surface area (Å²) >= 11 is 0. The first-order valence-corrected chi connectivity index (χ1v) is 7.32. The van der Waals surface area contributed by atoms with Gasteiger partial charge in [0, 0.05) is 26.3 Å². The van der Waals surface area contributed by atoms with Crippen molar-refractivity contribution in [3.05, 3.63) is 35.4 Å². The summed E-state index contributed by atoms with van der Waals surface area (Å²) in [6, 6.07) is 8.85. The maximum Gasteiger partial charge on any atom is 0.0469 e. The van der Waals surface area contributed by atoms with Crippen molar-refractivity contribution in [2.24, 2.45) is 11.7 Å². The second-order valence-corrected chi connectivity index (χ2v) is 5.61. The van der Waals surface area contributed by atoms with Gasteiger partial charge in [-0.3, -0.25) is 0 Å². The molecule has 0 aromatic heterocycles. The smallest absolute Gasteiger partial charge is 0.0469 e. The zero-order chi connectivity index (χ0) is 13.5. The molecule has 0 saturated carbocycles. The van der Waals surface area contributed by atoms with E-state index in [1.807, 2.05) is 0 Å². The summed E-state index contributed by atoms with van der Waals surface area (Å²) in [5.41, 5.74) is 8.28. The van der Waals surface area contributed by atoms with Crippen molar-refractivity contribution in [2.75, 3.05) is 33.4 Å². The molecule has 3 nitrogen and oxygen atoms in total. The molecule has 0 bridgehead atoms. The summed E-state index contributed by atoms with van der Waals surface area (Å²) in [6.07, 6.45) is 3.39. The quantitative estimate of drug-likeness (QED) is 0.852. The Kier molecular flexibility index (Phi) is 5.83. The van der Waals surface area contributed by atoms with E-state index < -0.39 is 0 Å². The predicted molar refractivity (Wildman–Crippen MR) is 79.1 cm³/mol. The number of benzene rings is 1. The molecule has 1 saturated heterocycles. The molecule has 2 rings (SSSR count). The molecular formula is C16H26N2O. The molecule has 0 unspecified atom stereocenters. The molecule has 0 spiro atoms. The predicted octanol–water partition coefficient (Wildman–Crippen LogP) is 2.05. The van der Waals surface area contributed by atoms with E-state index in [-0.39, 0.29) is 0 Å². The maximum absolute atomic E-state index is 5.56. The van der Waals surface area contributed by atoms with Crippen molar-refractivity contribution in [1.29, 1.82) is 0 Å². The van der Waals surface area contributed by atoms with Crippen LogP contribution in [0.1, 0.15) is 24.0 Å². The van der Waals surface area contributed by atoms with Crippen molar-refractivity contribution in [3.8, 4) is 0 Å². The summed E-state index contributed by atoms with van der Waals surface area (Å²) in [5, 5.41) is 0. The van der Waals surface area contributed by atoms with Crippen molar-refractivity contribution < 1.29 is 4.74 Å². The Morgan fingerprint density at radius 2 is 1.79 bits per heavy atom. The highest BCUT2D eigenvalue weighted by molar-refractivity contribution is 5.22. The molecule has 0 amide bonds. The summed E-state index contributed by atoms with van der Waals surface area (Å²) in [4.78, 5) is 2.42. The van der Waals surface area contributed by atoms with Gasteiger partial charge in [0.15, 0.2) is 0 Å². The first-order valence-electron chi connectivity index (χ1n) is 7.32. The van der Waals surface area contributed by atoms with Crippen LogP contribution >= 0.6 is 0 Å². The number of rotatable bonds is 6. The van der Waals surface area contributed by atoms with Gasteiger partial charge in [0.1, 0.15) is 0 Å². The van der Waals surface area contributed by atoms with E-state index >= 15 is 0 Å². The lowest BCUT2D eigenvalue weighted by molar-refractivity contribution is 0.0549. The summed E-state index contributed by atoms with van der Waals surface area (Å²) in [6.45, 7) is 4.80. The van der Waals surface area contributed by atoms with Gasteiger partial charge in [0.25, 0.3) is 0 Å². The number of ether oxygens (including phenoxy) is 1. The topological polar surface area (TPSA) is 38.5 Å². The molecule has 2 N–H and O–H groups in total. The molecule has 1 aromatic carbocycles. The Balaban J connectivity index is 1.78. The van der Waals surface area contributed by atoms with Gasteiger partial charge in [0.05, 0.1) is 0 Å². The highest BCUT2D eigenvalue weighted by Gasteiger charge is 2.15. The third kappa shape index (κ3) is 4.94. The van der Waals surface area contributed by atoms with Crippen molar-refractivity contribution in [3.63, 3.8) is 0 Å². The normalized spacial score (nSPS) is 17.0. The largest absolute Gasteiger partial charge is 0.381 e. The molecule has 1 aromatic rings. The Hall–Kier alpha value is -0.900. The molecule has 1 heterocycles. The van der Waals surface area contributed by atoms with Crippen LogP contribution in [0.4, 0.5) is 0 Å². The fraction of sp³-hybridized carbons (Fsp3) is 0.625. The van der Waals surface area contributed by atoms with Crippen LogP contribution < -0.4 is 5.73 Å². The van der Waals surface area contributed by atoms with Gasteiger partial charge in [-0.25, -0.2) is 0 Å². The zero-order valence-corrected chi connectivity index (χ0v) is 12.0. The van der Waals surface area contributed by atoms with Crippen LogP contribution in [-0.2, 0) is 17.7 Å². The van der Waals surface area contributed by atoms with Gasteiger partial charge in [0.2, 0.25) is 0 Å². The minimum absolute atomic E-state index is 0.725. The van der Waals surface area contributed by atoms with E-state index in [9.17, 15) is 0 Å². The Morgan fingerprint density at radius 3 is 2.42 bits per heavy atom. The first-order chi connectivity index (χ1) is 9.28. The first kappa shape index (κ1) is 14.5. The minimum atomic E-state index is 0.725. The van der Waals surface area contributed by atoms with Crippen LogP contribution in [0.5, 0.6) is 0 Å². The number of hydrogen-bond acceptors (Lipinski definition) is 3. The molecule has 0 aliphatic carbocycles. The molecule has 19 heavy (non-hydrogen) atoms. The fourth-order valence-corrected chi connectivity index (χ4v) is 2.72. The molecule has 106 valence electrons. The molecule has 1 fully saturated rings. The highest BCUT2D eigenvalue weighted by Crippen LogP contribution is 2.16. The number of nitrogens with two attached hydrogens (primary N) is 1. The van der Waals surface area contributed by atoms with Crippen LogP contribution in [0, 0.1) is 5.92 Å². The lowest BCUT2D eigenvalue weighted by atomic mass is 9.99. The zero-order valence-electron chi connectivity index (χ0n) is 12.0. The van der Waals surface area contributed by atoms with E-state index in [1.165, 1.54) is 30.5 Å². The van der Waals surface area contributed by atoms with Crippen LogP contribution in [0.25, 0.3) is 0 Å². The molecule has 1 aliphatic rings. The van der Waals surface area contributed by atoms with Gasteiger partial charge < -0.3 is 15.4 Å². The number of hydrogen-bond donors (Lipinski definition) is 1. The van der Waals surface area contributed by atoms with E-state index in [2.05, 4.69) is 36.2 Å². The maximum atomic E-state index is 5.56. The Labute approximate surface area is 116 Å². The number of nitrogens with zero attached hydrogens (tertiary/aromatic N) is 1. The van der Waals surface area contributed by atoms with Crippen LogP contribution in [0.15, 0.2) is 24.3 Å². The third-order valence-electron chi connectivity index (χ3n) is 3.82. The van der Waals surface area contributed by atoms with E-state index in [0.29, 0.717) is 0 Å². The van der Waals surface area contributed by atoms with Crippen LogP contribution in [-0.4, -0.2) is 38.3 Å². The second kappa shape index (κ2) is 7.63. The average molecular weight is 262 g/mol. The van der Waals surface area contributed by atoms with Crippen molar-refractivity contribution >= 4 is 0 Å². The Bertz CT molecular complexity index is 358. The summed E-state index contributed by atoms with van der Waals surface area (Å²) in [5.74, 6) is 0.801. The molecule has 1 aliphatic heterocycles. The van der Waals surface area contributed by atoms with Gasteiger partial charge in [-0.15, -0.1) is 0 Å². The van der Waals surface area contributed by atoms with E-state index in [1.54, 1.807) is 0 Å². The summed E-state index contributed by atoms with van der Waals surface area (Å²) < 4.78 is 5.41. The third-order valence-corrected chi connectivity index (χ3v) is 3.82. The standard InChI is InChI=1S/C16H26N2O/c1-18(13-16-7-10-19-11-8-16)12-15-4-2-14(3-5-15)6-9-17/h2-5,16H,6-13,17H2,1H3.